The number of thioether (sulfide) groups is 1. The van der Waals surface area contributed by atoms with Gasteiger partial charge in [-0.2, -0.15) is 0 Å². The lowest BCUT2D eigenvalue weighted by Crippen LogP contribution is -2.25. The predicted molar refractivity (Wildman–Crippen MR) is 93.3 cm³/mol. The molecule has 0 atom stereocenters. The van der Waals surface area contributed by atoms with Crippen LogP contribution in [0.2, 0.25) is 0 Å². The monoisotopic (exact) mass is 379 g/mol. The first-order valence-corrected chi connectivity index (χ1v) is 8.52. The molecule has 128 valence electrons. The maximum atomic E-state index is 11.9. The van der Waals surface area contributed by atoms with Crippen LogP contribution in [-0.4, -0.2) is 31.5 Å². The van der Waals surface area contributed by atoms with Crippen LogP contribution in [0.1, 0.15) is 0 Å². The zero-order valence-electron chi connectivity index (χ0n) is 12.3. The van der Waals surface area contributed by atoms with E-state index in [4.69, 9.17) is 0 Å². The zero-order chi connectivity index (χ0) is 18.0. The largest absolute Gasteiger partial charge is 0.327 e. The molecule has 1 amide bonds. The Bertz CT molecular complexity index is 1060. The molecule has 0 aliphatic rings. The average molecular weight is 379 g/mol. The number of hydrogen-bond acceptors (Lipinski definition) is 8. The minimum Gasteiger partial charge on any atom is -0.311 e. The zero-order valence-corrected chi connectivity index (χ0v) is 13.9. The summed E-state index contributed by atoms with van der Waals surface area (Å²) in [5.41, 5.74) is -0.908. The minimum absolute atomic E-state index is 0.000672. The van der Waals surface area contributed by atoms with E-state index in [1.54, 1.807) is 6.07 Å². The Balaban J connectivity index is 1.67. The molecule has 0 unspecified atom stereocenters. The number of nitro groups is 1. The Morgan fingerprint density at radius 2 is 2.12 bits per heavy atom. The fourth-order valence-corrected chi connectivity index (χ4v) is 3.77. The number of rotatable bonds is 5. The number of amides is 1. The van der Waals surface area contributed by atoms with E-state index in [2.05, 4.69) is 15.3 Å². The van der Waals surface area contributed by atoms with Gasteiger partial charge in [-0.3, -0.25) is 29.7 Å². The lowest BCUT2D eigenvalue weighted by Gasteiger charge is -2.02. The second-order valence-electron chi connectivity index (χ2n) is 4.73. The van der Waals surface area contributed by atoms with Gasteiger partial charge < -0.3 is 5.32 Å². The van der Waals surface area contributed by atoms with E-state index in [1.807, 2.05) is 4.98 Å². The fraction of sp³-hybridized carbons (Fsp3) is 0.0769. The molecule has 3 aromatic rings. The van der Waals surface area contributed by atoms with Gasteiger partial charge in [0, 0.05) is 18.2 Å². The number of nitro benzene ring substituents is 1. The highest BCUT2D eigenvalue weighted by atomic mass is 32.2. The number of aromatic nitrogens is 3. The summed E-state index contributed by atoms with van der Waals surface area (Å²) >= 11 is 2.45. The van der Waals surface area contributed by atoms with Crippen molar-refractivity contribution in [2.75, 3.05) is 11.1 Å². The Hall–Kier alpha value is -2.99. The summed E-state index contributed by atoms with van der Waals surface area (Å²) in [6.45, 7) is 0. The third-order valence-corrected chi connectivity index (χ3v) is 5.10. The summed E-state index contributed by atoms with van der Waals surface area (Å²) < 4.78 is 1.34. The van der Waals surface area contributed by atoms with Crippen LogP contribution >= 0.6 is 23.1 Å². The van der Waals surface area contributed by atoms with Gasteiger partial charge in [0.2, 0.25) is 5.91 Å². The van der Waals surface area contributed by atoms with Crippen molar-refractivity contribution in [1.29, 1.82) is 0 Å². The number of fused-ring (bicyclic) bond motifs is 1. The molecular formula is C13H9N5O5S2. The van der Waals surface area contributed by atoms with Crippen LogP contribution in [0.3, 0.4) is 0 Å². The third-order valence-electron chi connectivity index (χ3n) is 2.92. The Labute approximate surface area is 146 Å². The molecule has 0 saturated heterocycles. The molecule has 25 heavy (non-hydrogen) atoms. The molecule has 2 heterocycles. The Morgan fingerprint density at radius 3 is 2.84 bits per heavy atom. The van der Waals surface area contributed by atoms with Crippen LogP contribution < -0.4 is 16.6 Å². The maximum Gasteiger partial charge on any atom is 0.327 e. The molecule has 3 N–H and O–H groups in total. The molecule has 0 aliphatic heterocycles. The molecular weight excluding hydrogens is 370 g/mol. The number of aromatic amines is 2. The van der Waals surface area contributed by atoms with Crippen LogP contribution in [0.15, 0.2) is 38.2 Å². The van der Waals surface area contributed by atoms with Gasteiger partial charge in [0.05, 0.1) is 20.9 Å². The number of carbonyl (C=O) groups excluding carboxylic acids is 1. The summed E-state index contributed by atoms with van der Waals surface area (Å²) in [5, 5.41) is 13.2. The van der Waals surface area contributed by atoms with Gasteiger partial charge in [-0.1, -0.05) is 11.8 Å². The van der Waals surface area contributed by atoms with Gasteiger partial charge in [-0.05, 0) is 6.07 Å². The van der Waals surface area contributed by atoms with Crippen molar-refractivity contribution >= 4 is 50.7 Å². The van der Waals surface area contributed by atoms with Gasteiger partial charge >= 0.3 is 5.69 Å². The normalized spacial score (nSPS) is 10.7. The van der Waals surface area contributed by atoms with Crippen molar-refractivity contribution in [3.63, 3.8) is 0 Å². The second-order valence-corrected chi connectivity index (χ2v) is 6.98. The van der Waals surface area contributed by atoms with E-state index in [0.29, 0.717) is 9.86 Å². The number of nitrogens with zero attached hydrogens (tertiary/aromatic N) is 2. The van der Waals surface area contributed by atoms with Gasteiger partial charge in [0.25, 0.3) is 11.2 Å². The van der Waals surface area contributed by atoms with Crippen molar-refractivity contribution in [2.45, 2.75) is 4.34 Å². The van der Waals surface area contributed by atoms with Crippen LogP contribution in [0.4, 0.5) is 11.5 Å². The quantitative estimate of drug-likeness (QED) is 0.343. The summed E-state index contributed by atoms with van der Waals surface area (Å²) in [7, 11) is 0. The molecule has 0 aliphatic carbocycles. The first kappa shape index (κ1) is 16.9. The van der Waals surface area contributed by atoms with Crippen LogP contribution in [0.5, 0.6) is 0 Å². The molecule has 10 nitrogen and oxygen atoms in total. The standard InChI is InChI=1S/C13H9N5O5S2/c19-10-4-9(16-12(21)17-10)15-11(20)5-24-13-14-7-3-6(18(22)23)1-2-8(7)25-13/h1-4H,5H2,(H3,15,16,17,19,20,21). The van der Waals surface area contributed by atoms with E-state index < -0.39 is 22.1 Å². The lowest BCUT2D eigenvalue weighted by atomic mass is 10.3. The summed E-state index contributed by atoms with van der Waals surface area (Å²) in [6.07, 6.45) is 0. The van der Waals surface area contributed by atoms with Gasteiger partial charge in [-0.15, -0.1) is 11.3 Å². The number of H-pyrrole nitrogens is 2. The molecule has 12 heteroatoms. The van der Waals surface area contributed by atoms with Crippen molar-refractivity contribution in [1.82, 2.24) is 15.0 Å². The van der Waals surface area contributed by atoms with Gasteiger partial charge in [0.1, 0.15) is 5.82 Å². The topological polar surface area (TPSA) is 151 Å². The molecule has 3 rings (SSSR count). The first-order valence-electron chi connectivity index (χ1n) is 6.72. The van der Waals surface area contributed by atoms with Crippen LogP contribution in [0.25, 0.3) is 10.2 Å². The van der Waals surface area contributed by atoms with Crippen molar-refractivity contribution in [2.24, 2.45) is 0 Å². The van der Waals surface area contributed by atoms with E-state index in [1.165, 1.54) is 23.5 Å². The summed E-state index contributed by atoms with van der Waals surface area (Å²) in [4.78, 5) is 53.0. The van der Waals surface area contributed by atoms with Crippen molar-refractivity contribution in [3.8, 4) is 0 Å². The highest BCUT2D eigenvalue weighted by Crippen LogP contribution is 2.31. The maximum absolute atomic E-state index is 11.9. The van der Waals surface area contributed by atoms with E-state index in [9.17, 15) is 24.5 Å². The van der Waals surface area contributed by atoms with Crippen LogP contribution in [0, 0.1) is 10.1 Å². The SMILES string of the molecule is O=C(CSc1nc2cc([N+](=O)[O-])ccc2s1)Nc1cc(=O)[nH]c(=O)[nH]1. The number of thiazole rings is 1. The van der Waals surface area contributed by atoms with Gasteiger partial charge in [0.15, 0.2) is 4.34 Å². The van der Waals surface area contributed by atoms with Crippen molar-refractivity contribution < 1.29 is 9.72 Å². The van der Waals surface area contributed by atoms with Crippen molar-refractivity contribution in [3.05, 3.63) is 55.2 Å². The number of anilines is 1. The predicted octanol–water partition coefficient (Wildman–Crippen LogP) is 1.31. The fourth-order valence-electron chi connectivity index (χ4n) is 1.92. The average Bonchev–Trinajstić information content (AvgIpc) is 2.93. The Kier molecular flexibility index (Phi) is 4.63. The molecule has 0 radical (unpaired) electrons. The van der Waals surface area contributed by atoms with E-state index in [-0.39, 0.29) is 17.3 Å². The van der Waals surface area contributed by atoms with Crippen LogP contribution in [-0.2, 0) is 4.79 Å². The molecule has 1 aromatic carbocycles. The minimum atomic E-state index is -0.719. The number of nitrogens with one attached hydrogen (secondary N) is 3. The third kappa shape index (κ3) is 4.10. The molecule has 0 bridgehead atoms. The molecule has 0 fully saturated rings. The number of benzene rings is 1. The lowest BCUT2D eigenvalue weighted by molar-refractivity contribution is -0.384. The summed E-state index contributed by atoms with van der Waals surface area (Å²) in [6, 6.07) is 5.43. The van der Waals surface area contributed by atoms with E-state index >= 15 is 0 Å². The molecule has 0 saturated carbocycles. The second kappa shape index (κ2) is 6.86. The smallest absolute Gasteiger partial charge is 0.311 e. The summed E-state index contributed by atoms with van der Waals surface area (Å²) in [5.74, 6) is -0.438. The molecule has 2 aromatic heterocycles. The van der Waals surface area contributed by atoms with E-state index in [0.717, 1.165) is 22.5 Å². The molecule has 0 spiro atoms. The number of hydrogen-bond donors (Lipinski definition) is 3. The highest BCUT2D eigenvalue weighted by Gasteiger charge is 2.12. The number of non-ortho nitro benzene ring substituents is 1. The number of carbonyl (C=O) groups is 1. The van der Waals surface area contributed by atoms with Gasteiger partial charge in [-0.25, -0.2) is 9.78 Å². The Morgan fingerprint density at radius 1 is 1.32 bits per heavy atom. The highest BCUT2D eigenvalue weighted by molar-refractivity contribution is 8.01. The first-order chi connectivity index (χ1) is 11.9.